The molecule has 0 saturated heterocycles. The lowest BCUT2D eigenvalue weighted by Gasteiger charge is -2.44. The maximum atomic E-state index is 13.1. The van der Waals surface area contributed by atoms with Gasteiger partial charge in [-0.15, -0.1) is 0 Å². The van der Waals surface area contributed by atoms with Crippen molar-refractivity contribution in [2.45, 2.75) is 57.9 Å². The van der Waals surface area contributed by atoms with Crippen molar-refractivity contribution in [1.82, 2.24) is 5.32 Å². The number of hydrogen-bond donors (Lipinski definition) is 1. The lowest BCUT2D eigenvalue weighted by Crippen LogP contribution is -2.58. The quantitative estimate of drug-likeness (QED) is 0.743. The Balaban J connectivity index is 2.79. The van der Waals surface area contributed by atoms with Gasteiger partial charge in [-0.05, 0) is 25.3 Å². The van der Waals surface area contributed by atoms with Gasteiger partial charge in [0.15, 0.2) is 0 Å². The van der Waals surface area contributed by atoms with Crippen molar-refractivity contribution >= 4 is 0 Å². The zero-order valence-electron chi connectivity index (χ0n) is 9.15. The molecule has 1 saturated carbocycles. The SMILES string of the molecule is CCNC1(C(F)F)CCCCC1CC. The Labute approximate surface area is 85.3 Å². The molecule has 0 amide bonds. The third-order valence-corrected chi connectivity index (χ3v) is 3.51. The van der Waals surface area contributed by atoms with Gasteiger partial charge < -0.3 is 5.32 Å². The predicted molar refractivity (Wildman–Crippen MR) is 54.7 cm³/mol. The van der Waals surface area contributed by atoms with E-state index in [0.29, 0.717) is 13.0 Å². The Kier molecular flexibility index (Phi) is 4.30. The van der Waals surface area contributed by atoms with Gasteiger partial charge in [-0.1, -0.05) is 33.1 Å². The molecule has 1 nitrogen and oxygen atoms in total. The van der Waals surface area contributed by atoms with E-state index in [1.54, 1.807) is 0 Å². The maximum absolute atomic E-state index is 13.1. The molecule has 1 fully saturated rings. The highest BCUT2D eigenvalue weighted by Crippen LogP contribution is 2.39. The zero-order valence-corrected chi connectivity index (χ0v) is 9.15. The van der Waals surface area contributed by atoms with Crippen LogP contribution in [0.25, 0.3) is 0 Å². The van der Waals surface area contributed by atoms with E-state index in [4.69, 9.17) is 0 Å². The predicted octanol–water partition coefficient (Wildman–Crippen LogP) is 3.20. The van der Waals surface area contributed by atoms with Crippen LogP contribution in [0, 0.1) is 5.92 Å². The zero-order chi connectivity index (χ0) is 10.6. The molecule has 0 aromatic carbocycles. The molecule has 0 bridgehead atoms. The molecule has 14 heavy (non-hydrogen) atoms. The van der Waals surface area contributed by atoms with Crippen molar-refractivity contribution in [2.75, 3.05) is 6.54 Å². The van der Waals surface area contributed by atoms with E-state index >= 15 is 0 Å². The first kappa shape index (κ1) is 11.9. The Morgan fingerprint density at radius 2 is 2.07 bits per heavy atom. The van der Waals surface area contributed by atoms with Crippen LogP contribution in [-0.2, 0) is 0 Å². The van der Waals surface area contributed by atoms with Crippen LogP contribution >= 0.6 is 0 Å². The molecule has 1 aliphatic carbocycles. The standard InChI is InChI=1S/C11H21F2N/c1-3-9-7-5-6-8-11(9,10(12)13)14-4-2/h9-10,14H,3-8H2,1-2H3. The first-order valence-electron chi connectivity index (χ1n) is 5.70. The molecule has 2 unspecified atom stereocenters. The molecule has 84 valence electrons. The van der Waals surface area contributed by atoms with Crippen molar-refractivity contribution in [3.63, 3.8) is 0 Å². The summed E-state index contributed by atoms with van der Waals surface area (Å²) in [5.74, 6) is 0.149. The van der Waals surface area contributed by atoms with Gasteiger partial charge in [0, 0.05) is 0 Å². The molecular formula is C11H21F2N. The largest absolute Gasteiger partial charge is 0.306 e. The van der Waals surface area contributed by atoms with E-state index in [2.05, 4.69) is 5.32 Å². The first-order chi connectivity index (χ1) is 6.67. The van der Waals surface area contributed by atoms with Gasteiger partial charge in [-0.25, -0.2) is 8.78 Å². The summed E-state index contributed by atoms with van der Waals surface area (Å²) in [6, 6.07) is 0. The second kappa shape index (κ2) is 5.06. The number of hydrogen-bond acceptors (Lipinski definition) is 1. The lowest BCUT2D eigenvalue weighted by atomic mass is 9.71. The number of rotatable bonds is 4. The summed E-state index contributed by atoms with van der Waals surface area (Å²) in [5.41, 5.74) is -0.887. The van der Waals surface area contributed by atoms with Crippen molar-refractivity contribution in [2.24, 2.45) is 5.92 Å². The van der Waals surface area contributed by atoms with Gasteiger partial charge in [0.25, 0.3) is 6.43 Å². The van der Waals surface area contributed by atoms with Crippen LogP contribution in [0.1, 0.15) is 46.0 Å². The molecule has 1 N–H and O–H groups in total. The summed E-state index contributed by atoms with van der Waals surface area (Å²) in [6.07, 6.45) is 2.27. The molecule has 1 aliphatic rings. The van der Waals surface area contributed by atoms with Gasteiger partial charge in [-0.3, -0.25) is 0 Å². The van der Waals surface area contributed by atoms with Crippen molar-refractivity contribution in [3.8, 4) is 0 Å². The Hall–Kier alpha value is -0.180. The van der Waals surface area contributed by atoms with E-state index in [0.717, 1.165) is 25.7 Å². The van der Waals surface area contributed by atoms with Crippen molar-refractivity contribution in [3.05, 3.63) is 0 Å². The highest BCUT2D eigenvalue weighted by molar-refractivity contribution is 4.98. The molecule has 0 aliphatic heterocycles. The Morgan fingerprint density at radius 1 is 1.36 bits per heavy atom. The minimum absolute atomic E-state index is 0.149. The maximum Gasteiger partial charge on any atom is 0.256 e. The van der Waals surface area contributed by atoms with Crippen LogP contribution in [0.3, 0.4) is 0 Å². The van der Waals surface area contributed by atoms with Crippen LogP contribution in [0.2, 0.25) is 0 Å². The minimum atomic E-state index is -2.23. The summed E-state index contributed by atoms with van der Waals surface area (Å²) < 4.78 is 26.3. The normalized spacial score (nSPS) is 33.6. The third kappa shape index (κ3) is 2.08. The second-order valence-electron chi connectivity index (χ2n) is 4.22. The number of alkyl halides is 2. The highest BCUT2D eigenvalue weighted by atomic mass is 19.3. The van der Waals surface area contributed by atoms with E-state index in [-0.39, 0.29) is 5.92 Å². The van der Waals surface area contributed by atoms with E-state index in [1.807, 2.05) is 13.8 Å². The fourth-order valence-electron chi connectivity index (χ4n) is 2.76. The van der Waals surface area contributed by atoms with Gasteiger partial charge >= 0.3 is 0 Å². The smallest absolute Gasteiger partial charge is 0.256 e. The number of nitrogens with one attached hydrogen (secondary N) is 1. The molecule has 0 radical (unpaired) electrons. The lowest BCUT2D eigenvalue weighted by molar-refractivity contribution is -0.0300. The van der Waals surface area contributed by atoms with E-state index in [1.165, 1.54) is 0 Å². The van der Waals surface area contributed by atoms with Crippen LogP contribution < -0.4 is 5.32 Å². The molecule has 3 heteroatoms. The summed E-state index contributed by atoms with van der Waals surface area (Å²) in [4.78, 5) is 0. The summed E-state index contributed by atoms with van der Waals surface area (Å²) in [5, 5.41) is 3.05. The molecule has 0 aromatic rings. The monoisotopic (exact) mass is 205 g/mol. The minimum Gasteiger partial charge on any atom is -0.306 e. The van der Waals surface area contributed by atoms with Gasteiger partial charge in [0.2, 0.25) is 0 Å². The average Bonchev–Trinajstić information content (AvgIpc) is 2.18. The van der Waals surface area contributed by atoms with Crippen molar-refractivity contribution in [1.29, 1.82) is 0 Å². The molecule has 0 aromatic heterocycles. The van der Waals surface area contributed by atoms with E-state index in [9.17, 15) is 8.78 Å². The second-order valence-corrected chi connectivity index (χ2v) is 4.22. The molecule has 0 heterocycles. The molecule has 1 rings (SSSR count). The first-order valence-corrected chi connectivity index (χ1v) is 5.70. The van der Waals surface area contributed by atoms with Gasteiger partial charge in [0.05, 0.1) is 5.54 Å². The fourth-order valence-corrected chi connectivity index (χ4v) is 2.76. The van der Waals surface area contributed by atoms with Crippen molar-refractivity contribution < 1.29 is 8.78 Å². The van der Waals surface area contributed by atoms with Gasteiger partial charge in [0.1, 0.15) is 0 Å². The fraction of sp³-hybridized carbons (Fsp3) is 1.00. The molecular weight excluding hydrogens is 184 g/mol. The van der Waals surface area contributed by atoms with E-state index < -0.39 is 12.0 Å². The van der Waals surface area contributed by atoms with Crippen LogP contribution in [0.4, 0.5) is 8.78 Å². The number of halogens is 2. The molecule has 0 spiro atoms. The van der Waals surface area contributed by atoms with Gasteiger partial charge in [-0.2, -0.15) is 0 Å². The Morgan fingerprint density at radius 3 is 2.57 bits per heavy atom. The topological polar surface area (TPSA) is 12.0 Å². The van der Waals surface area contributed by atoms with Crippen LogP contribution in [0.15, 0.2) is 0 Å². The van der Waals surface area contributed by atoms with Crippen LogP contribution in [-0.4, -0.2) is 18.5 Å². The summed E-state index contributed by atoms with van der Waals surface area (Å²) in [6.45, 7) is 4.57. The molecule has 2 atom stereocenters. The van der Waals surface area contributed by atoms with Crippen LogP contribution in [0.5, 0.6) is 0 Å². The average molecular weight is 205 g/mol. The Bertz CT molecular complexity index is 169. The summed E-state index contributed by atoms with van der Waals surface area (Å²) >= 11 is 0. The highest BCUT2D eigenvalue weighted by Gasteiger charge is 2.46. The summed E-state index contributed by atoms with van der Waals surface area (Å²) in [7, 11) is 0. The third-order valence-electron chi connectivity index (χ3n) is 3.51.